The van der Waals surface area contributed by atoms with Gasteiger partial charge < -0.3 is 5.32 Å². The smallest absolute Gasteiger partial charge is 0.245 e. The fourth-order valence-corrected chi connectivity index (χ4v) is 1.62. The molecule has 1 N–H and O–H groups in total. The van der Waals surface area contributed by atoms with Crippen LogP contribution < -0.4 is 5.32 Å². The molecule has 1 atom stereocenters. The largest absolute Gasteiger partial charge is 0.357 e. The van der Waals surface area contributed by atoms with Crippen molar-refractivity contribution >= 4 is 5.91 Å². The molecule has 88 valence electrons. The average molecular weight is 231 g/mol. The fraction of sp³-hybridized carbons (Fsp3) is 0.273. The normalized spacial score (nSPS) is 12.1. The summed E-state index contributed by atoms with van der Waals surface area (Å²) >= 11 is 0. The van der Waals surface area contributed by atoms with Gasteiger partial charge in [-0.3, -0.25) is 4.79 Å². The minimum Gasteiger partial charge on any atom is -0.357 e. The molecule has 0 bridgehead atoms. The van der Waals surface area contributed by atoms with Crippen molar-refractivity contribution in [1.29, 1.82) is 0 Å². The van der Waals surface area contributed by atoms with E-state index in [0.717, 1.165) is 5.56 Å². The number of nitrogens with one attached hydrogen (secondary N) is 1. The van der Waals surface area contributed by atoms with Crippen LogP contribution in [0, 0.1) is 0 Å². The molecule has 0 radical (unpaired) electrons. The van der Waals surface area contributed by atoms with E-state index in [9.17, 15) is 4.79 Å². The Bertz CT molecular complexity index is 468. The molecule has 1 amide bonds. The zero-order valence-corrected chi connectivity index (χ0v) is 9.45. The zero-order valence-electron chi connectivity index (χ0n) is 9.45. The maximum Gasteiger partial charge on any atom is 0.245 e. The number of amides is 1. The Labute approximate surface area is 98.6 Å². The summed E-state index contributed by atoms with van der Waals surface area (Å²) in [6.45, 7) is 0. The van der Waals surface area contributed by atoms with Crippen molar-refractivity contribution in [2.75, 3.05) is 7.05 Å². The van der Waals surface area contributed by atoms with Crippen LogP contribution in [0.25, 0.3) is 0 Å². The van der Waals surface area contributed by atoms with Crippen LogP contribution >= 0.6 is 0 Å². The Morgan fingerprint density at radius 3 is 2.76 bits per heavy atom. The molecule has 6 heteroatoms. The third-order valence-electron chi connectivity index (χ3n) is 2.51. The van der Waals surface area contributed by atoms with Crippen LogP contribution in [0.3, 0.4) is 0 Å². The Balaban J connectivity index is 2.20. The van der Waals surface area contributed by atoms with Crippen LogP contribution in [0.4, 0.5) is 0 Å². The maximum atomic E-state index is 11.8. The fourth-order valence-electron chi connectivity index (χ4n) is 1.62. The van der Waals surface area contributed by atoms with Crippen LogP contribution in [-0.2, 0) is 11.2 Å². The number of rotatable bonds is 4. The summed E-state index contributed by atoms with van der Waals surface area (Å²) in [4.78, 5) is 11.8. The maximum absolute atomic E-state index is 11.8. The van der Waals surface area contributed by atoms with Crippen molar-refractivity contribution in [3.63, 3.8) is 0 Å². The van der Waals surface area contributed by atoms with Crippen molar-refractivity contribution in [3.8, 4) is 0 Å². The van der Waals surface area contributed by atoms with Crippen molar-refractivity contribution in [1.82, 2.24) is 25.5 Å². The predicted molar refractivity (Wildman–Crippen MR) is 61.1 cm³/mol. The summed E-state index contributed by atoms with van der Waals surface area (Å²) in [6.07, 6.45) is 2.01. The number of nitrogens with zero attached hydrogens (tertiary/aromatic N) is 4. The van der Waals surface area contributed by atoms with Gasteiger partial charge in [-0.25, -0.2) is 4.68 Å². The van der Waals surface area contributed by atoms with Gasteiger partial charge in [0.1, 0.15) is 12.4 Å². The van der Waals surface area contributed by atoms with Gasteiger partial charge in [0, 0.05) is 13.5 Å². The second-order valence-corrected chi connectivity index (χ2v) is 3.61. The van der Waals surface area contributed by atoms with Crippen molar-refractivity contribution < 1.29 is 4.79 Å². The highest BCUT2D eigenvalue weighted by atomic mass is 16.2. The first-order valence-electron chi connectivity index (χ1n) is 5.29. The van der Waals surface area contributed by atoms with E-state index in [1.165, 1.54) is 11.0 Å². The molecule has 0 fully saturated rings. The lowest BCUT2D eigenvalue weighted by molar-refractivity contribution is -0.124. The van der Waals surface area contributed by atoms with Crippen molar-refractivity contribution in [2.24, 2.45) is 0 Å². The monoisotopic (exact) mass is 231 g/mol. The Morgan fingerprint density at radius 1 is 1.41 bits per heavy atom. The second kappa shape index (κ2) is 5.20. The minimum absolute atomic E-state index is 0.110. The van der Waals surface area contributed by atoms with Gasteiger partial charge in [-0.1, -0.05) is 30.3 Å². The average Bonchev–Trinajstić information content (AvgIpc) is 2.90. The van der Waals surface area contributed by atoms with Crippen LogP contribution in [0.1, 0.15) is 11.6 Å². The molecular formula is C11H13N5O. The molecule has 2 aromatic rings. The molecular weight excluding hydrogens is 218 g/mol. The van der Waals surface area contributed by atoms with Gasteiger partial charge in [0.15, 0.2) is 0 Å². The molecule has 0 spiro atoms. The Morgan fingerprint density at radius 2 is 2.18 bits per heavy atom. The molecule has 1 aromatic heterocycles. The van der Waals surface area contributed by atoms with Crippen LogP contribution in [0.5, 0.6) is 0 Å². The molecule has 17 heavy (non-hydrogen) atoms. The number of carbonyl (C=O) groups excluding carboxylic acids is 1. The summed E-state index contributed by atoms with van der Waals surface area (Å²) in [6, 6.07) is 9.35. The number of hydrogen-bond acceptors (Lipinski definition) is 4. The molecule has 1 heterocycles. The summed E-state index contributed by atoms with van der Waals surface area (Å²) < 4.78 is 1.46. The van der Waals surface area contributed by atoms with E-state index < -0.39 is 6.04 Å². The van der Waals surface area contributed by atoms with Crippen molar-refractivity contribution in [2.45, 2.75) is 12.5 Å². The van der Waals surface area contributed by atoms with E-state index in [4.69, 9.17) is 0 Å². The SMILES string of the molecule is CNC(=O)[C@@H](Cc1ccccc1)n1cnnn1. The molecule has 0 aliphatic rings. The van der Waals surface area contributed by atoms with Gasteiger partial charge in [-0.2, -0.15) is 0 Å². The zero-order chi connectivity index (χ0) is 12.1. The first-order valence-corrected chi connectivity index (χ1v) is 5.29. The number of tetrazole rings is 1. The standard InChI is InChI=1S/C11H13N5O/c1-12-11(17)10(16-8-13-14-15-16)7-9-5-3-2-4-6-9/h2-6,8,10H,7H2,1H3,(H,12,17)/t10-/m1/s1. The van der Waals surface area contributed by atoms with Gasteiger partial charge in [0.05, 0.1) is 0 Å². The van der Waals surface area contributed by atoms with E-state index in [1.54, 1.807) is 7.05 Å². The lowest BCUT2D eigenvalue weighted by Crippen LogP contribution is -2.31. The first kappa shape index (κ1) is 11.3. The lowest BCUT2D eigenvalue weighted by atomic mass is 10.1. The van der Waals surface area contributed by atoms with E-state index in [1.807, 2.05) is 30.3 Å². The summed E-state index contributed by atoms with van der Waals surface area (Å²) in [7, 11) is 1.60. The topological polar surface area (TPSA) is 72.7 Å². The predicted octanol–water partition coefficient (Wildman–Crippen LogP) is 0.203. The van der Waals surface area contributed by atoms with Gasteiger partial charge in [0.2, 0.25) is 5.91 Å². The molecule has 2 rings (SSSR count). The van der Waals surface area contributed by atoms with Crippen molar-refractivity contribution in [3.05, 3.63) is 42.2 Å². The highest BCUT2D eigenvalue weighted by molar-refractivity contribution is 5.80. The Hall–Kier alpha value is -2.24. The summed E-state index contributed by atoms with van der Waals surface area (Å²) in [5, 5.41) is 13.5. The van der Waals surface area contributed by atoms with Crippen LogP contribution in [-0.4, -0.2) is 33.2 Å². The highest BCUT2D eigenvalue weighted by Gasteiger charge is 2.20. The molecule has 0 saturated heterocycles. The minimum atomic E-state index is -0.419. The number of aromatic nitrogens is 4. The molecule has 0 saturated carbocycles. The number of benzene rings is 1. The number of carbonyl (C=O) groups is 1. The molecule has 1 aromatic carbocycles. The third-order valence-corrected chi connectivity index (χ3v) is 2.51. The second-order valence-electron chi connectivity index (χ2n) is 3.61. The molecule has 0 aliphatic heterocycles. The van der Waals surface area contributed by atoms with Crippen LogP contribution in [0.2, 0.25) is 0 Å². The molecule has 0 aliphatic carbocycles. The first-order chi connectivity index (χ1) is 8.31. The van der Waals surface area contributed by atoms with E-state index in [2.05, 4.69) is 20.8 Å². The van der Waals surface area contributed by atoms with E-state index in [0.29, 0.717) is 6.42 Å². The molecule has 6 nitrogen and oxygen atoms in total. The third kappa shape index (κ3) is 2.66. The lowest BCUT2D eigenvalue weighted by Gasteiger charge is -2.14. The van der Waals surface area contributed by atoms with Gasteiger partial charge in [-0.05, 0) is 16.0 Å². The van der Waals surface area contributed by atoms with Gasteiger partial charge in [-0.15, -0.1) is 5.10 Å². The highest BCUT2D eigenvalue weighted by Crippen LogP contribution is 2.12. The Kier molecular flexibility index (Phi) is 3.44. The van der Waals surface area contributed by atoms with Gasteiger partial charge >= 0.3 is 0 Å². The number of hydrogen-bond donors (Lipinski definition) is 1. The molecule has 0 unspecified atom stereocenters. The number of likely N-dealkylation sites (N-methyl/N-ethyl adjacent to an activating group) is 1. The quantitative estimate of drug-likeness (QED) is 0.816. The van der Waals surface area contributed by atoms with E-state index in [-0.39, 0.29) is 5.91 Å². The summed E-state index contributed by atoms with van der Waals surface area (Å²) in [5.74, 6) is -0.110. The van der Waals surface area contributed by atoms with Crippen LogP contribution in [0.15, 0.2) is 36.7 Å². The van der Waals surface area contributed by atoms with Gasteiger partial charge in [0.25, 0.3) is 0 Å². The van der Waals surface area contributed by atoms with E-state index >= 15 is 0 Å². The summed E-state index contributed by atoms with van der Waals surface area (Å²) in [5.41, 5.74) is 1.07.